The third kappa shape index (κ3) is 2.75. The molecule has 0 aromatic rings. The maximum Gasteiger partial charge on any atom is 0.319 e. The van der Waals surface area contributed by atoms with E-state index in [9.17, 15) is 9.59 Å². The summed E-state index contributed by atoms with van der Waals surface area (Å²) in [6.45, 7) is 11.0. The minimum Gasteiger partial charge on any atom is -0.465 e. The van der Waals surface area contributed by atoms with E-state index in [1.807, 2.05) is 13.8 Å². The largest absolute Gasteiger partial charge is 0.465 e. The molecule has 1 rings (SSSR count). The molecule has 0 spiro atoms. The topological polar surface area (TPSA) is 52.6 Å². The Bertz CT molecular complexity index is 345. The molecule has 0 N–H and O–H groups in total. The third-order valence-electron chi connectivity index (χ3n) is 2.92. The highest BCUT2D eigenvalue weighted by molar-refractivity contribution is 6.01. The molecule has 96 valence electrons. The van der Waals surface area contributed by atoms with Crippen LogP contribution in [-0.2, 0) is 19.1 Å². The fourth-order valence-corrected chi connectivity index (χ4v) is 2.28. The molecule has 0 radical (unpaired) electrons. The molecule has 0 saturated carbocycles. The van der Waals surface area contributed by atoms with E-state index in [1.54, 1.807) is 13.8 Å². The maximum atomic E-state index is 12.1. The second-order valence-electron chi connectivity index (χ2n) is 5.08. The number of Topliss-reactive ketones (excluding diaryl/α,β-unsaturated/α-hetero) is 1. The van der Waals surface area contributed by atoms with E-state index in [4.69, 9.17) is 9.47 Å². The van der Waals surface area contributed by atoms with E-state index in [0.717, 1.165) is 0 Å². The van der Waals surface area contributed by atoms with Crippen molar-refractivity contribution in [2.75, 3.05) is 6.61 Å². The molecular formula is C13H20O4. The van der Waals surface area contributed by atoms with Crippen molar-refractivity contribution in [2.24, 2.45) is 5.92 Å². The zero-order chi connectivity index (χ0) is 13.3. The number of hydrogen-bond donors (Lipinski definition) is 0. The van der Waals surface area contributed by atoms with E-state index in [2.05, 4.69) is 6.58 Å². The Morgan fingerprint density at radius 1 is 1.59 bits per heavy atom. The van der Waals surface area contributed by atoms with Crippen LogP contribution in [-0.4, -0.2) is 29.6 Å². The number of ether oxygens (including phenoxy) is 2. The van der Waals surface area contributed by atoms with Crippen molar-refractivity contribution in [1.29, 1.82) is 0 Å². The van der Waals surface area contributed by atoms with Crippen molar-refractivity contribution >= 4 is 11.8 Å². The molecule has 2 atom stereocenters. The summed E-state index contributed by atoms with van der Waals surface area (Å²) in [4.78, 5) is 23.9. The van der Waals surface area contributed by atoms with E-state index in [0.29, 0.717) is 0 Å². The lowest BCUT2D eigenvalue weighted by molar-refractivity contribution is -0.192. The maximum absolute atomic E-state index is 12.1. The molecule has 0 aliphatic carbocycles. The highest BCUT2D eigenvalue weighted by atomic mass is 16.5. The Morgan fingerprint density at radius 2 is 2.18 bits per heavy atom. The first kappa shape index (κ1) is 13.9. The zero-order valence-electron chi connectivity index (χ0n) is 10.9. The molecule has 0 aromatic carbocycles. The number of esters is 1. The fraction of sp³-hybridized carbons (Fsp3) is 0.692. The molecular weight excluding hydrogens is 220 g/mol. The van der Waals surface area contributed by atoms with Crippen LogP contribution in [0.15, 0.2) is 12.7 Å². The van der Waals surface area contributed by atoms with E-state index >= 15 is 0 Å². The molecule has 0 bridgehead atoms. The average molecular weight is 240 g/mol. The van der Waals surface area contributed by atoms with Crippen molar-refractivity contribution in [3.8, 4) is 0 Å². The second-order valence-corrected chi connectivity index (χ2v) is 5.08. The molecule has 1 saturated heterocycles. The van der Waals surface area contributed by atoms with E-state index < -0.39 is 23.1 Å². The molecule has 4 nitrogen and oxygen atoms in total. The van der Waals surface area contributed by atoms with Crippen LogP contribution in [0.25, 0.3) is 0 Å². The molecule has 0 amide bonds. The Morgan fingerprint density at radius 3 is 2.65 bits per heavy atom. The van der Waals surface area contributed by atoms with E-state index in [1.165, 1.54) is 6.08 Å². The van der Waals surface area contributed by atoms with Gasteiger partial charge >= 0.3 is 5.97 Å². The van der Waals surface area contributed by atoms with Gasteiger partial charge in [0.1, 0.15) is 11.5 Å². The van der Waals surface area contributed by atoms with Gasteiger partial charge in [-0.3, -0.25) is 9.59 Å². The van der Waals surface area contributed by atoms with Crippen LogP contribution in [0.4, 0.5) is 0 Å². The van der Waals surface area contributed by atoms with E-state index in [-0.39, 0.29) is 18.8 Å². The lowest BCUT2D eigenvalue weighted by atomic mass is 9.77. The highest BCUT2D eigenvalue weighted by Crippen LogP contribution is 2.38. The van der Waals surface area contributed by atoms with Gasteiger partial charge in [-0.1, -0.05) is 6.08 Å². The van der Waals surface area contributed by atoms with Gasteiger partial charge in [0.15, 0.2) is 5.78 Å². The van der Waals surface area contributed by atoms with Crippen molar-refractivity contribution in [2.45, 2.75) is 45.3 Å². The van der Waals surface area contributed by atoms with Crippen molar-refractivity contribution in [1.82, 2.24) is 0 Å². The van der Waals surface area contributed by atoms with Crippen LogP contribution in [0.3, 0.4) is 0 Å². The van der Waals surface area contributed by atoms with Gasteiger partial charge in [-0.05, 0) is 27.7 Å². The SMILES string of the molecule is C=CC1(C)OC(C)(C)CC(=O)C1C(=O)OCC. The Labute approximate surface area is 102 Å². The minimum atomic E-state index is -0.995. The number of hydrogen-bond acceptors (Lipinski definition) is 4. The Hall–Kier alpha value is -1.16. The normalized spacial score (nSPS) is 32.0. The van der Waals surface area contributed by atoms with Crippen LogP contribution in [0.1, 0.15) is 34.1 Å². The lowest BCUT2D eigenvalue weighted by Crippen LogP contribution is -2.56. The first-order valence-electron chi connectivity index (χ1n) is 5.79. The predicted octanol–water partition coefficient (Wildman–Crippen LogP) is 1.88. The van der Waals surface area contributed by atoms with Crippen LogP contribution < -0.4 is 0 Å². The molecule has 4 heteroatoms. The van der Waals surface area contributed by atoms with Crippen molar-refractivity contribution < 1.29 is 19.1 Å². The smallest absolute Gasteiger partial charge is 0.319 e. The number of carbonyl (C=O) groups excluding carboxylic acids is 2. The summed E-state index contributed by atoms with van der Waals surface area (Å²) in [7, 11) is 0. The summed E-state index contributed by atoms with van der Waals surface area (Å²) in [5.41, 5.74) is -1.58. The molecule has 1 fully saturated rings. The first-order chi connectivity index (χ1) is 7.75. The first-order valence-corrected chi connectivity index (χ1v) is 5.79. The molecule has 17 heavy (non-hydrogen) atoms. The molecule has 0 aromatic heterocycles. The summed E-state index contributed by atoms with van der Waals surface area (Å²) >= 11 is 0. The number of ketones is 1. The quantitative estimate of drug-likeness (QED) is 0.429. The van der Waals surface area contributed by atoms with Crippen LogP contribution in [0.5, 0.6) is 0 Å². The minimum absolute atomic E-state index is 0.151. The van der Waals surface area contributed by atoms with Gasteiger partial charge in [-0.25, -0.2) is 0 Å². The van der Waals surface area contributed by atoms with Gasteiger partial charge in [-0.2, -0.15) is 0 Å². The third-order valence-corrected chi connectivity index (χ3v) is 2.92. The van der Waals surface area contributed by atoms with Crippen LogP contribution in [0, 0.1) is 5.92 Å². The molecule has 1 aliphatic rings. The summed E-state index contributed by atoms with van der Waals surface area (Å²) in [5, 5.41) is 0. The average Bonchev–Trinajstić information content (AvgIpc) is 2.14. The van der Waals surface area contributed by atoms with Gasteiger partial charge in [-0.15, -0.1) is 6.58 Å². The van der Waals surface area contributed by atoms with Gasteiger partial charge in [0.25, 0.3) is 0 Å². The summed E-state index contributed by atoms with van der Waals surface area (Å²) in [6.07, 6.45) is 1.72. The van der Waals surface area contributed by atoms with Gasteiger partial charge in [0.05, 0.1) is 12.2 Å². The summed E-state index contributed by atoms with van der Waals surface area (Å²) < 4.78 is 10.8. The Kier molecular flexibility index (Phi) is 3.77. The van der Waals surface area contributed by atoms with Gasteiger partial charge < -0.3 is 9.47 Å². The van der Waals surface area contributed by atoms with Gasteiger partial charge in [0.2, 0.25) is 0 Å². The van der Waals surface area contributed by atoms with Crippen molar-refractivity contribution in [3.05, 3.63) is 12.7 Å². The second kappa shape index (κ2) is 4.61. The summed E-state index contributed by atoms with van der Waals surface area (Å²) in [6, 6.07) is 0. The molecule has 1 aliphatic heterocycles. The fourth-order valence-electron chi connectivity index (χ4n) is 2.28. The van der Waals surface area contributed by atoms with Crippen molar-refractivity contribution in [3.63, 3.8) is 0 Å². The van der Waals surface area contributed by atoms with Crippen LogP contribution >= 0.6 is 0 Å². The predicted molar refractivity (Wildman–Crippen MR) is 63.5 cm³/mol. The standard InChI is InChI=1S/C13H20O4/c1-6-13(5)10(11(15)16-7-2)9(14)8-12(3,4)17-13/h6,10H,1,7-8H2,2-5H3. The Balaban J connectivity index is 3.06. The number of carbonyl (C=O) groups is 2. The molecule has 2 unspecified atom stereocenters. The number of rotatable bonds is 3. The molecule has 1 heterocycles. The summed E-state index contributed by atoms with van der Waals surface area (Å²) in [5.74, 6) is -1.59. The van der Waals surface area contributed by atoms with Crippen LogP contribution in [0.2, 0.25) is 0 Å². The highest BCUT2D eigenvalue weighted by Gasteiger charge is 2.52. The lowest BCUT2D eigenvalue weighted by Gasteiger charge is -2.44. The monoisotopic (exact) mass is 240 g/mol. The zero-order valence-corrected chi connectivity index (χ0v) is 10.9. The van der Waals surface area contributed by atoms with Gasteiger partial charge in [0, 0.05) is 6.42 Å².